The van der Waals surface area contributed by atoms with Gasteiger partial charge in [-0.05, 0) is 50.8 Å². The molecule has 1 aromatic rings. The van der Waals surface area contributed by atoms with E-state index in [0.717, 1.165) is 18.7 Å². The Balaban J connectivity index is 1.84. The van der Waals surface area contributed by atoms with Crippen LogP contribution >= 0.6 is 0 Å². The van der Waals surface area contributed by atoms with Gasteiger partial charge in [0.2, 0.25) is 0 Å². The Kier molecular flexibility index (Phi) is 5.23. The maximum absolute atomic E-state index is 5.96. The SMILES string of the molecule is COc1ccccc1CCN(C)C1CCC(N)CC1. The lowest BCUT2D eigenvalue weighted by Crippen LogP contribution is -2.39. The first-order valence-corrected chi connectivity index (χ1v) is 7.28. The molecule has 0 bridgehead atoms. The van der Waals surface area contributed by atoms with Gasteiger partial charge in [-0.3, -0.25) is 0 Å². The zero-order chi connectivity index (χ0) is 13.7. The van der Waals surface area contributed by atoms with Gasteiger partial charge in [-0.2, -0.15) is 0 Å². The van der Waals surface area contributed by atoms with Crippen molar-refractivity contribution in [3.63, 3.8) is 0 Å². The molecule has 19 heavy (non-hydrogen) atoms. The standard InChI is InChI=1S/C16H26N2O/c1-18(15-9-7-14(17)8-10-15)12-11-13-5-3-4-6-16(13)19-2/h3-6,14-15H,7-12,17H2,1-2H3. The first kappa shape index (κ1) is 14.4. The summed E-state index contributed by atoms with van der Waals surface area (Å²) in [7, 11) is 3.97. The number of rotatable bonds is 5. The topological polar surface area (TPSA) is 38.5 Å². The van der Waals surface area contributed by atoms with Crippen LogP contribution in [0.1, 0.15) is 31.2 Å². The number of hydrogen-bond acceptors (Lipinski definition) is 3. The van der Waals surface area contributed by atoms with E-state index in [2.05, 4.69) is 24.1 Å². The summed E-state index contributed by atoms with van der Waals surface area (Å²) in [6.45, 7) is 1.08. The van der Waals surface area contributed by atoms with Crippen molar-refractivity contribution in [1.29, 1.82) is 0 Å². The molecule has 3 nitrogen and oxygen atoms in total. The van der Waals surface area contributed by atoms with Gasteiger partial charge in [-0.25, -0.2) is 0 Å². The molecule has 0 saturated heterocycles. The molecule has 0 aliphatic heterocycles. The quantitative estimate of drug-likeness (QED) is 0.886. The van der Waals surface area contributed by atoms with Crippen LogP contribution in [0.4, 0.5) is 0 Å². The number of ether oxygens (including phenoxy) is 1. The fourth-order valence-corrected chi connectivity index (χ4v) is 2.93. The third kappa shape index (κ3) is 3.95. The van der Waals surface area contributed by atoms with Gasteiger partial charge in [0.15, 0.2) is 0 Å². The molecule has 2 rings (SSSR count). The van der Waals surface area contributed by atoms with Crippen molar-refractivity contribution >= 4 is 0 Å². The molecule has 0 spiro atoms. The maximum Gasteiger partial charge on any atom is 0.122 e. The van der Waals surface area contributed by atoms with Crippen molar-refractivity contribution in [2.75, 3.05) is 20.7 Å². The van der Waals surface area contributed by atoms with Gasteiger partial charge in [0, 0.05) is 18.6 Å². The molecule has 0 aromatic heterocycles. The van der Waals surface area contributed by atoms with Crippen LogP contribution in [-0.2, 0) is 6.42 Å². The van der Waals surface area contributed by atoms with Crippen LogP contribution in [0.3, 0.4) is 0 Å². The molecular weight excluding hydrogens is 236 g/mol. The average molecular weight is 262 g/mol. The summed E-state index contributed by atoms with van der Waals surface area (Å²) in [5.74, 6) is 1.00. The predicted molar refractivity (Wildman–Crippen MR) is 79.6 cm³/mol. The van der Waals surface area contributed by atoms with Gasteiger partial charge in [0.1, 0.15) is 5.75 Å². The van der Waals surface area contributed by atoms with Gasteiger partial charge in [0.25, 0.3) is 0 Å². The minimum Gasteiger partial charge on any atom is -0.496 e. The molecule has 1 aromatic carbocycles. The first-order valence-electron chi connectivity index (χ1n) is 7.28. The first-order chi connectivity index (χ1) is 9.20. The number of hydrogen-bond donors (Lipinski definition) is 1. The van der Waals surface area contributed by atoms with Gasteiger partial charge >= 0.3 is 0 Å². The summed E-state index contributed by atoms with van der Waals surface area (Å²) in [6, 6.07) is 9.43. The Morgan fingerprint density at radius 3 is 2.58 bits per heavy atom. The zero-order valence-electron chi connectivity index (χ0n) is 12.1. The van der Waals surface area contributed by atoms with Crippen molar-refractivity contribution in [2.45, 2.75) is 44.2 Å². The van der Waals surface area contributed by atoms with Crippen molar-refractivity contribution in [1.82, 2.24) is 4.90 Å². The Morgan fingerprint density at radius 2 is 1.89 bits per heavy atom. The van der Waals surface area contributed by atoms with Gasteiger partial charge in [-0.1, -0.05) is 18.2 Å². The third-order valence-corrected chi connectivity index (χ3v) is 4.29. The molecule has 1 aliphatic carbocycles. The fraction of sp³-hybridized carbons (Fsp3) is 0.625. The Morgan fingerprint density at radius 1 is 1.21 bits per heavy atom. The van der Waals surface area contributed by atoms with Crippen LogP contribution < -0.4 is 10.5 Å². The van der Waals surface area contributed by atoms with Gasteiger partial charge in [-0.15, -0.1) is 0 Å². The van der Waals surface area contributed by atoms with E-state index in [9.17, 15) is 0 Å². The molecule has 0 radical (unpaired) electrons. The lowest BCUT2D eigenvalue weighted by Gasteiger charge is -2.33. The summed E-state index contributed by atoms with van der Waals surface area (Å²) in [4.78, 5) is 2.48. The van der Waals surface area contributed by atoms with E-state index in [-0.39, 0.29) is 0 Å². The van der Waals surface area contributed by atoms with Crippen molar-refractivity contribution in [2.24, 2.45) is 5.73 Å². The Bertz CT molecular complexity index is 386. The average Bonchev–Trinajstić information content (AvgIpc) is 2.45. The number of nitrogens with zero attached hydrogens (tertiary/aromatic N) is 1. The molecule has 1 aliphatic rings. The second kappa shape index (κ2) is 6.92. The Labute approximate surface area is 116 Å². The molecule has 1 fully saturated rings. The monoisotopic (exact) mass is 262 g/mol. The minimum atomic E-state index is 0.430. The highest BCUT2D eigenvalue weighted by molar-refractivity contribution is 5.33. The molecule has 2 N–H and O–H groups in total. The van der Waals surface area contributed by atoms with Gasteiger partial charge < -0.3 is 15.4 Å². The highest BCUT2D eigenvalue weighted by Gasteiger charge is 2.21. The van der Waals surface area contributed by atoms with Crippen LogP contribution in [0.15, 0.2) is 24.3 Å². The lowest BCUT2D eigenvalue weighted by atomic mass is 9.91. The van der Waals surface area contributed by atoms with E-state index in [1.54, 1.807) is 7.11 Å². The van der Waals surface area contributed by atoms with E-state index in [4.69, 9.17) is 10.5 Å². The zero-order valence-corrected chi connectivity index (χ0v) is 12.1. The molecular formula is C16H26N2O. The summed E-state index contributed by atoms with van der Waals surface area (Å²) >= 11 is 0. The summed E-state index contributed by atoms with van der Waals surface area (Å²) in [5, 5.41) is 0. The molecule has 3 heteroatoms. The second-order valence-electron chi connectivity index (χ2n) is 5.61. The molecule has 1 saturated carbocycles. The largest absolute Gasteiger partial charge is 0.496 e. The highest BCUT2D eigenvalue weighted by Crippen LogP contribution is 2.22. The normalized spacial score (nSPS) is 23.6. The number of benzene rings is 1. The van der Waals surface area contributed by atoms with Crippen LogP contribution in [0.5, 0.6) is 5.75 Å². The minimum absolute atomic E-state index is 0.430. The highest BCUT2D eigenvalue weighted by atomic mass is 16.5. The van der Waals surface area contributed by atoms with Crippen LogP contribution in [0.25, 0.3) is 0 Å². The number of likely N-dealkylation sites (N-methyl/N-ethyl adjacent to an activating group) is 1. The van der Waals surface area contributed by atoms with Crippen molar-refractivity contribution in [3.8, 4) is 5.75 Å². The van der Waals surface area contributed by atoms with E-state index < -0.39 is 0 Å². The smallest absolute Gasteiger partial charge is 0.122 e. The van der Waals surface area contributed by atoms with Crippen molar-refractivity contribution < 1.29 is 4.74 Å². The molecule has 0 heterocycles. The van der Waals surface area contributed by atoms with E-state index in [0.29, 0.717) is 12.1 Å². The third-order valence-electron chi connectivity index (χ3n) is 4.29. The molecule has 0 amide bonds. The number of nitrogens with two attached hydrogens (primary N) is 1. The lowest BCUT2D eigenvalue weighted by molar-refractivity contribution is 0.184. The number of para-hydroxylation sites is 1. The summed E-state index contributed by atoms with van der Waals surface area (Å²) in [5.41, 5.74) is 7.26. The van der Waals surface area contributed by atoms with Gasteiger partial charge in [0.05, 0.1) is 7.11 Å². The molecule has 106 valence electrons. The van der Waals surface area contributed by atoms with Crippen LogP contribution in [-0.4, -0.2) is 37.7 Å². The van der Waals surface area contributed by atoms with E-state index in [1.807, 2.05) is 12.1 Å². The Hall–Kier alpha value is -1.06. The van der Waals surface area contributed by atoms with Crippen LogP contribution in [0.2, 0.25) is 0 Å². The van der Waals surface area contributed by atoms with Crippen LogP contribution in [0, 0.1) is 0 Å². The van der Waals surface area contributed by atoms with Crippen molar-refractivity contribution in [3.05, 3.63) is 29.8 Å². The van der Waals surface area contributed by atoms with E-state index in [1.165, 1.54) is 31.2 Å². The predicted octanol–water partition coefficient (Wildman–Crippen LogP) is 2.44. The maximum atomic E-state index is 5.96. The summed E-state index contributed by atoms with van der Waals surface area (Å²) in [6.07, 6.45) is 5.86. The molecule has 0 unspecified atom stereocenters. The second-order valence-corrected chi connectivity index (χ2v) is 5.61. The summed E-state index contributed by atoms with van der Waals surface area (Å²) < 4.78 is 5.40. The van der Waals surface area contributed by atoms with E-state index >= 15 is 0 Å². The molecule has 0 atom stereocenters. The fourth-order valence-electron chi connectivity index (χ4n) is 2.93. The number of methoxy groups -OCH3 is 1.